The summed E-state index contributed by atoms with van der Waals surface area (Å²) in [6.45, 7) is 2.16. The lowest BCUT2D eigenvalue weighted by Gasteiger charge is -2.13. The second-order valence-electron chi connectivity index (χ2n) is 6.00. The van der Waals surface area contributed by atoms with Crippen molar-refractivity contribution in [3.63, 3.8) is 0 Å². The van der Waals surface area contributed by atoms with Crippen molar-refractivity contribution < 1.29 is 0 Å². The molecule has 0 saturated heterocycles. The Bertz CT molecular complexity index is 559. The summed E-state index contributed by atoms with van der Waals surface area (Å²) in [4.78, 5) is 4.45. The van der Waals surface area contributed by atoms with Gasteiger partial charge in [0.25, 0.3) is 0 Å². The molecular weight excluding hydrogens is 242 g/mol. The van der Waals surface area contributed by atoms with Gasteiger partial charge in [-0.2, -0.15) is 0 Å². The van der Waals surface area contributed by atoms with E-state index in [2.05, 4.69) is 48.3 Å². The van der Waals surface area contributed by atoms with E-state index in [1.807, 2.05) is 6.20 Å². The average Bonchev–Trinajstić information content (AvgIpc) is 2.70. The van der Waals surface area contributed by atoms with Gasteiger partial charge in [-0.05, 0) is 74.1 Å². The molecule has 0 spiro atoms. The minimum absolute atomic E-state index is 0.863. The smallest absolute Gasteiger partial charge is 0.0407 e. The van der Waals surface area contributed by atoms with Crippen LogP contribution in [0.1, 0.15) is 41.6 Å². The first kappa shape index (κ1) is 13.4. The summed E-state index contributed by atoms with van der Waals surface area (Å²) in [6.07, 6.45) is 9.63. The largest absolute Gasteiger partial charge is 0.261 e. The number of hydrogen-bond acceptors (Lipinski definition) is 1. The van der Waals surface area contributed by atoms with Gasteiger partial charge in [0.1, 0.15) is 0 Å². The number of hydrogen-bond donors (Lipinski definition) is 0. The van der Waals surface area contributed by atoms with E-state index < -0.39 is 0 Å². The molecule has 0 saturated carbocycles. The Balaban J connectivity index is 1.61. The molecule has 0 fully saturated rings. The van der Waals surface area contributed by atoms with Crippen molar-refractivity contribution in [2.45, 2.75) is 45.4 Å². The number of aromatic nitrogens is 1. The highest BCUT2D eigenvalue weighted by atomic mass is 14.7. The van der Waals surface area contributed by atoms with Crippen molar-refractivity contribution in [3.05, 3.63) is 65.0 Å². The van der Waals surface area contributed by atoms with Gasteiger partial charge in [0, 0.05) is 11.9 Å². The number of nitrogens with zero attached hydrogens (tertiary/aromatic N) is 1. The molecule has 1 aliphatic carbocycles. The van der Waals surface area contributed by atoms with Gasteiger partial charge >= 0.3 is 0 Å². The van der Waals surface area contributed by atoms with Gasteiger partial charge in [0.15, 0.2) is 0 Å². The third-order valence-electron chi connectivity index (χ3n) is 4.68. The van der Waals surface area contributed by atoms with E-state index in [4.69, 9.17) is 0 Å². The fraction of sp³-hybridized carbons (Fsp3) is 0.421. The van der Waals surface area contributed by atoms with Crippen LogP contribution in [0.3, 0.4) is 0 Å². The molecule has 0 unspecified atom stereocenters. The van der Waals surface area contributed by atoms with Crippen LogP contribution < -0.4 is 0 Å². The molecule has 20 heavy (non-hydrogen) atoms. The van der Waals surface area contributed by atoms with Gasteiger partial charge in [-0.3, -0.25) is 4.98 Å². The fourth-order valence-electron chi connectivity index (χ4n) is 3.38. The van der Waals surface area contributed by atoms with Crippen molar-refractivity contribution in [1.29, 1.82) is 0 Å². The zero-order valence-corrected chi connectivity index (χ0v) is 12.3. The van der Waals surface area contributed by atoms with Crippen LogP contribution in [0, 0.1) is 12.8 Å². The van der Waals surface area contributed by atoms with Crippen molar-refractivity contribution in [1.82, 2.24) is 4.98 Å². The van der Waals surface area contributed by atoms with Crippen molar-refractivity contribution >= 4 is 0 Å². The molecule has 0 bridgehead atoms. The summed E-state index contributed by atoms with van der Waals surface area (Å²) in [5, 5.41) is 0. The fourth-order valence-corrected chi connectivity index (χ4v) is 3.38. The second-order valence-corrected chi connectivity index (χ2v) is 6.00. The maximum absolute atomic E-state index is 4.45. The predicted octanol–water partition coefficient (Wildman–Crippen LogP) is 4.52. The summed E-state index contributed by atoms with van der Waals surface area (Å²) in [5.74, 6) is 0.863. The molecule has 0 N–H and O–H groups in total. The minimum Gasteiger partial charge on any atom is -0.261 e. The zero-order chi connectivity index (χ0) is 13.8. The molecule has 3 rings (SSSR count). The Morgan fingerprint density at radius 1 is 1.05 bits per heavy atom. The van der Waals surface area contributed by atoms with Gasteiger partial charge in [-0.1, -0.05) is 30.3 Å². The third kappa shape index (κ3) is 3.09. The lowest BCUT2D eigenvalue weighted by Crippen LogP contribution is -2.03. The molecule has 104 valence electrons. The highest BCUT2D eigenvalue weighted by molar-refractivity contribution is 5.30. The zero-order valence-electron chi connectivity index (χ0n) is 12.3. The molecule has 1 aromatic heterocycles. The topological polar surface area (TPSA) is 12.9 Å². The van der Waals surface area contributed by atoms with Crippen LogP contribution in [0.4, 0.5) is 0 Å². The van der Waals surface area contributed by atoms with Gasteiger partial charge < -0.3 is 0 Å². The van der Waals surface area contributed by atoms with Crippen LogP contribution in [0.15, 0.2) is 42.6 Å². The van der Waals surface area contributed by atoms with E-state index in [9.17, 15) is 0 Å². The van der Waals surface area contributed by atoms with Crippen LogP contribution in [-0.4, -0.2) is 4.98 Å². The predicted molar refractivity (Wildman–Crippen MR) is 83.9 cm³/mol. The highest BCUT2D eigenvalue weighted by Crippen LogP contribution is 2.28. The maximum atomic E-state index is 4.45. The van der Waals surface area contributed by atoms with E-state index >= 15 is 0 Å². The van der Waals surface area contributed by atoms with Gasteiger partial charge in [-0.15, -0.1) is 0 Å². The first-order chi connectivity index (χ1) is 9.83. The first-order valence-electron chi connectivity index (χ1n) is 7.80. The molecule has 0 radical (unpaired) electrons. The van der Waals surface area contributed by atoms with E-state index in [1.54, 1.807) is 5.56 Å². The molecule has 1 heteroatoms. The number of rotatable bonds is 3. The Hall–Kier alpha value is -1.63. The van der Waals surface area contributed by atoms with Crippen molar-refractivity contribution in [2.75, 3.05) is 0 Å². The SMILES string of the molecule is Cc1nccc2c1CC[C@@H](CCc1ccccc1)CC2. The number of fused-ring (bicyclic) bond motifs is 1. The first-order valence-corrected chi connectivity index (χ1v) is 7.80. The van der Waals surface area contributed by atoms with Gasteiger partial charge in [-0.25, -0.2) is 0 Å². The monoisotopic (exact) mass is 265 g/mol. The highest BCUT2D eigenvalue weighted by Gasteiger charge is 2.17. The normalized spacial score (nSPS) is 18.4. The lowest BCUT2D eigenvalue weighted by molar-refractivity contribution is 0.432. The van der Waals surface area contributed by atoms with Crippen molar-refractivity contribution in [3.8, 4) is 0 Å². The van der Waals surface area contributed by atoms with E-state index in [-0.39, 0.29) is 0 Å². The Morgan fingerprint density at radius 2 is 1.85 bits per heavy atom. The molecule has 0 amide bonds. The molecule has 1 heterocycles. The van der Waals surface area contributed by atoms with Gasteiger partial charge in [0.2, 0.25) is 0 Å². The Kier molecular flexibility index (Phi) is 4.15. The quantitative estimate of drug-likeness (QED) is 0.744. The molecule has 1 aromatic carbocycles. The minimum atomic E-state index is 0.863. The van der Waals surface area contributed by atoms with Crippen LogP contribution in [0.25, 0.3) is 0 Å². The van der Waals surface area contributed by atoms with E-state index in [1.165, 1.54) is 55.3 Å². The standard InChI is InChI=1S/C19H23N/c1-15-19-12-10-17(9-11-18(19)13-14-20-15)8-7-16-5-3-2-4-6-16/h2-6,13-14,17H,7-12H2,1H3/t17-/m0/s1. The van der Waals surface area contributed by atoms with Crippen molar-refractivity contribution in [2.24, 2.45) is 5.92 Å². The molecule has 0 aliphatic heterocycles. The average molecular weight is 265 g/mol. The maximum Gasteiger partial charge on any atom is 0.0407 e. The number of aryl methyl sites for hydroxylation is 3. The number of pyridine rings is 1. The summed E-state index contributed by atoms with van der Waals surface area (Å²) < 4.78 is 0. The lowest BCUT2D eigenvalue weighted by atomic mass is 9.92. The second kappa shape index (κ2) is 6.21. The Labute approximate surface area is 122 Å². The molecule has 1 atom stereocenters. The number of benzene rings is 1. The van der Waals surface area contributed by atoms with E-state index in [0.29, 0.717) is 0 Å². The van der Waals surface area contributed by atoms with Crippen LogP contribution in [0.5, 0.6) is 0 Å². The Morgan fingerprint density at radius 3 is 2.70 bits per heavy atom. The van der Waals surface area contributed by atoms with E-state index in [0.717, 1.165) is 5.92 Å². The van der Waals surface area contributed by atoms with Crippen LogP contribution in [-0.2, 0) is 19.3 Å². The molecule has 2 aromatic rings. The summed E-state index contributed by atoms with van der Waals surface area (Å²) in [6, 6.07) is 13.1. The summed E-state index contributed by atoms with van der Waals surface area (Å²) >= 11 is 0. The summed E-state index contributed by atoms with van der Waals surface area (Å²) in [7, 11) is 0. The third-order valence-corrected chi connectivity index (χ3v) is 4.68. The van der Waals surface area contributed by atoms with Crippen LogP contribution >= 0.6 is 0 Å². The molecular formula is C19H23N. The molecule has 1 nitrogen and oxygen atoms in total. The van der Waals surface area contributed by atoms with Crippen LogP contribution in [0.2, 0.25) is 0 Å². The van der Waals surface area contributed by atoms with Gasteiger partial charge in [0.05, 0.1) is 0 Å². The summed E-state index contributed by atoms with van der Waals surface area (Å²) in [5.41, 5.74) is 5.78. The molecule has 1 aliphatic rings.